The Kier molecular flexibility index (Phi) is 4.87. The van der Waals surface area contributed by atoms with Crippen LogP contribution < -0.4 is 0 Å². The Morgan fingerprint density at radius 3 is 2.74 bits per heavy atom. The zero-order valence-electron chi connectivity index (χ0n) is 13.2. The maximum Gasteiger partial charge on any atom is 0.410 e. The molecule has 3 nitrogen and oxygen atoms in total. The van der Waals surface area contributed by atoms with Crippen LogP contribution in [0.15, 0.2) is 48.5 Å². The van der Waals surface area contributed by atoms with Gasteiger partial charge < -0.3 is 4.74 Å². The molecule has 1 unspecified atom stereocenters. The van der Waals surface area contributed by atoms with Gasteiger partial charge in [0.15, 0.2) is 0 Å². The van der Waals surface area contributed by atoms with Crippen molar-refractivity contribution in [3.63, 3.8) is 0 Å². The van der Waals surface area contributed by atoms with Crippen molar-refractivity contribution in [2.45, 2.75) is 32.4 Å². The number of carbonyl (C=O) groups is 1. The van der Waals surface area contributed by atoms with Gasteiger partial charge >= 0.3 is 6.09 Å². The number of nitrogens with zero attached hydrogens (tertiary/aromatic N) is 1. The molecular weight excluding hydrogens is 310 g/mol. The van der Waals surface area contributed by atoms with Gasteiger partial charge in [-0.3, -0.25) is 4.90 Å². The Morgan fingerprint density at radius 1 is 1.22 bits per heavy atom. The summed E-state index contributed by atoms with van der Waals surface area (Å²) in [5, 5.41) is 0.675. The number of cyclic esters (lactones) is 1. The molecule has 0 saturated heterocycles. The molecule has 0 spiro atoms. The smallest absolute Gasteiger partial charge is 0.410 e. The molecule has 2 aromatic rings. The quantitative estimate of drug-likeness (QED) is 0.773. The Hall–Kier alpha value is -2.00. The number of carbonyl (C=O) groups excluding carboxylic acids is 1. The molecule has 23 heavy (non-hydrogen) atoms. The summed E-state index contributed by atoms with van der Waals surface area (Å²) >= 11 is 6.23. The van der Waals surface area contributed by atoms with Crippen molar-refractivity contribution in [2.24, 2.45) is 0 Å². The number of ether oxygens (including phenoxy) is 1. The average Bonchev–Trinajstić information content (AvgIpc) is 2.70. The van der Waals surface area contributed by atoms with Crippen molar-refractivity contribution in [3.8, 4) is 0 Å². The minimum Gasteiger partial charge on any atom is -0.445 e. The van der Waals surface area contributed by atoms with Gasteiger partial charge in [0.2, 0.25) is 0 Å². The molecule has 4 heteroatoms. The van der Waals surface area contributed by atoms with Crippen LogP contribution in [-0.4, -0.2) is 17.5 Å². The van der Waals surface area contributed by atoms with Gasteiger partial charge in [0.1, 0.15) is 6.61 Å². The first kappa shape index (κ1) is 15.9. The predicted octanol–water partition coefficient (Wildman–Crippen LogP) is 5.18. The molecule has 2 aromatic carbocycles. The number of hydrogen-bond acceptors (Lipinski definition) is 2. The lowest BCUT2D eigenvalue weighted by Crippen LogP contribution is -2.35. The van der Waals surface area contributed by atoms with Crippen molar-refractivity contribution in [3.05, 3.63) is 70.2 Å². The van der Waals surface area contributed by atoms with Gasteiger partial charge in [-0.2, -0.15) is 0 Å². The fourth-order valence-electron chi connectivity index (χ4n) is 2.99. The minimum atomic E-state index is -0.264. The number of fused-ring (bicyclic) bond motifs is 1. The van der Waals surface area contributed by atoms with E-state index in [9.17, 15) is 4.79 Å². The van der Waals surface area contributed by atoms with E-state index in [4.69, 9.17) is 16.3 Å². The Bertz CT molecular complexity index is 687. The molecule has 0 fully saturated rings. The van der Waals surface area contributed by atoms with Gasteiger partial charge in [-0.15, -0.1) is 0 Å². The number of rotatable bonds is 4. The molecular formula is C19H20ClNO2. The average molecular weight is 330 g/mol. The van der Waals surface area contributed by atoms with E-state index in [2.05, 4.69) is 6.92 Å². The van der Waals surface area contributed by atoms with E-state index >= 15 is 0 Å². The highest BCUT2D eigenvalue weighted by Gasteiger charge is 2.32. The summed E-state index contributed by atoms with van der Waals surface area (Å²) < 4.78 is 5.47. The maximum atomic E-state index is 12.5. The van der Waals surface area contributed by atoms with E-state index in [1.807, 2.05) is 53.4 Å². The number of hydrogen-bond donors (Lipinski definition) is 0. The zero-order valence-corrected chi connectivity index (χ0v) is 13.9. The highest BCUT2D eigenvalue weighted by atomic mass is 35.5. The summed E-state index contributed by atoms with van der Waals surface area (Å²) in [6, 6.07) is 15.7. The van der Waals surface area contributed by atoms with Crippen LogP contribution in [0.4, 0.5) is 4.79 Å². The van der Waals surface area contributed by atoms with Crippen LogP contribution in [0.2, 0.25) is 5.02 Å². The molecule has 1 amide bonds. The van der Waals surface area contributed by atoms with E-state index in [1.165, 1.54) is 0 Å². The van der Waals surface area contributed by atoms with Crippen LogP contribution in [0.1, 0.15) is 42.5 Å². The van der Waals surface area contributed by atoms with E-state index < -0.39 is 0 Å². The van der Waals surface area contributed by atoms with E-state index in [-0.39, 0.29) is 18.7 Å². The van der Waals surface area contributed by atoms with Crippen LogP contribution in [0.3, 0.4) is 0 Å². The molecule has 1 aliphatic rings. The molecule has 0 aromatic heterocycles. The van der Waals surface area contributed by atoms with E-state index in [0.717, 1.165) is 29.5 Å². The van der Waals surface area contributed by atoms with Crippen molar-refractivity contribution >= 4 is 17.7 Å². The third-order valence-electron chi connectivity index (χ3n) is 4.17. The summed E-state index contributed by atoms with van der Waals surface area (Å²) in [4.78, 5) is 14.3. The number of halogens is 1. The molecule has 0 aliphatic carbocycles. The van der Waals surface area contributed by atoms with Gasteiger partial charge in [-0.1, -0.05) is 61.3 Å². The van der Waals surface area contributed by atoms with Crippen molar-refractivity contribution in [2.75, 3.05) is 6.54 Å². The van der Waals surface area contributed by atoms with Crippen molar-refractivity contribution in [1.29, 1.82) is 0 Å². The first-order valence-electron chi connectivity index (χ1n) is 7.97. The van der Waals surface area contributed by atoms with Crippen LogP contribution in [0.5, 0.6) is 0 Å². The lowest BCUT2D eigenvalue weighted by atomic mass is 9.93. The van der Waals surface area contributed by atoms with Gasteiger partial charge in [-0.05, 0) is 35.2 Å². The molecule has 1 atom stereocenters. The minimum absolute atomic E-state index is 0.161. The van der Waals surface area contributed by atoms with E-state index in [0.29, 0.717) is 11.6 Å². The largest absolute Gasteiger partial charge is 0.445 e. The molecule has 0 bridgehead atoms. The highest BCUT2D eigenvalue weighted by Crippen LogP contribution is 2.36. The highest BCUT2D eigenvalue weighted by molar-refractivity contribution is 6.30. The van der Waals surface area contributed by atoms with Gasteiger partial charge in [0.25, 0.3) is 0 Å². The fraction of sp³-hybridized carbons (Fsp3) is 0.316. The SMILES string of the molecule is CCCCN1C(=O)OCc2ccc(Cl)cc2C1c1ccccc1. The lowest BCUT2D eigenvalue weighted by Gasteiger charge is -2.30. The summed E-state index contributed by atoms with van der Waals surface area (Å²) in [6.45, 7) is 3.07. The molecule has 0 saturated carbocycles. The Labute approximate surface area is 141 Å². The molecule has 120 valence electrons. The molecule has 1 aliphatic heterocycles. The van der Waals surface area contributed by atoms with Gasteiger partial charge in [0, 0.05) is 11.6 Å². The van der Waals surface area contributed by atoms with Crippen molar-refractivity contribution in [1.82, 2.24) is 4.90 Å². The number of amides is 1. The zero-order chi connectivity index (χ0) is 16.2. The van der Waals surface area contributed by atoms with E-state index in [1.54, 1.807) is 0 Å². The summed E-state index contributed by atoms with van der Waals surface area (Å²) in [6.07, 6.45) is 1.70. The third kappa shape index (κ3) is 3.35. The Morgan fingerprint density at radius 2 is 2.00 bits per heavy atom. The standard InChI is InChI=1S/C19H20ClNO2/c1-2-3-11-21-18(14-7-5-4-6-8-14)17-12-16(20)10-9-15(17)13-23-19(21)22/h4-10,12,18H,2-3,11,13H2,1H3. The third-order valence-corrected chi connectivity index (χ3v) is 4.40. The molecule has 0 N–H and O–H groups in total. The van der Waals surface area contributed by atoms with Crippen LogP contribution in [-0.2, 0) is 11.3 Å². The summed E-state index contributed by atoms with van der Waals surface area (Å²) in [5.41, 5.74) is 3.13. The van der Waals surface area contributed by atoms with Gasteiger partial charge in [0.05, 0.1) is 6.04 Å². The number of benzene rings is 2. The second kappa shape index (κ2) is 7.05. The maximum absolute atomic E-state index is 12.5. The Balaban J connectivity index is 2.12. The van der Waals surface area contributed by atoms with Crippen LogP contribution in [0, 0.1) is 0 Å². The second-order valence-electron chi connectivity index (χ2n) is 5.76. The topological polar surface area (TPSA) is 29.5 Å². The monoisotopic (exact) mass is 329 g/mol. The lowest BCUT2D eigenvalue weighted by molar-refractivity contribution is 0.0935. The fourth-order valence-corrected chi connectivity index (χ4v) is 3.17. The summed E-state index contributed by atoms with van der Waals surface area (Å²) in [5.74, 6) is 0. The molecule has 0 radical (unpaired) electrons. The predicted molar refractivity (Wildman–Crippen MR) is 91.5 cm³/mol. The van der Waals surface area contributed by atoms with Gasteiger partial charge in [-0.25, -0.2) is 4.79 Å². The first-order chi connectivity index (χ1) is 11.2. The normalized spacial score (nSPS) is 17.4. The number of unbranched alkanes of at least 4 members (excludes halogenated alkanes) is 1. The van der Waals surface area contributed by atoms with Crippen LogP contribution >= 0.6 is 11.6 Å². The molecule has 3 rings (SSSR count). The van der Waals surface area contributed by atoms with Crippen LogP contribution in [0.25, 0.3) is 0 Å². The second-order valence-corrected chi connectivity index (χ2v) is 6.19. The molecule has 1 heterocycles. The summed E-state index contributed by atoms with van der Waals surface area (Å²) in [7, 11) is 0. The first-order valence-corrected chi connectivity index (χ1v) is 8.35. The van der Waals surface area contributed by atoms with Crippen molar-refractivity contribution < 1.29 is 9.53 Å².